The van der Waals surface area contributed by atoms with Gasteiger partial charge in [-0.15, -0.1) is 0 Å². The van der Waals surface area contributed by atoms with Gasteiger partial charge >= 0.3 is 5.69 Å². The smallest absolute Gasteiger partial charge is 0.363 e. The zero-order valence-corrected chi connectivity index (χ0v) is 20.7. The topological polar surface area (TPSA) is 101 Å². The van der Waals surface area contributed by atoms with Crippen LogP contribution in [-0.2, 0) is 5.41 Å². The molecule has 1 aromatic carbocycles. The van der Waals surface area contributed by atoms with Crippen LogP contribution in [0, 0.1) is 0 Å². The molecule has 182 valence electrons. The second kappa shape index (κ2) is 13.6. The van der Waals surface area contributed by atoms with Gasteiger partial charge < -0.3 is 9.47 Å². The monoisotopic (exact) mass is 457 g/mol. The van der Waals surface area contributed by atoms with Gasteiger partial charge in [0.15, 0.2) is 17.3 Å². The first kappa shape index (κ1) is 26.4. The lowest BCUT2D eigenvalue weighted by atomic mass is 9.92. The Balaban J connectivity index is 1.96. The summed E-state index contributed by atoms with van der Waals surface area (Å²) in [6.07, 6.45) is 10.4. The number of H-pyrrole nitrogens is 1. The number of unbranched alkanes of at least 4 members (excludes halogenated alkanes) is 6. The summed E-state index contributed by atoms with van der Waals surface area (Å²) in [4.78, 5) is 15.5. The molecule has 8 heteroatoms. The minimum atomic E-state index is -0.526. The predicted octanol–water partition coefficient (Wildman–Crippen LogP) is 5.44. The maximum Gasteiger partial charge on any atom is 0.363 e. The average molecular weight is 458 g/mol. The fourth-order valence-electron chi connectivity index (χ4n) is 3.34. The first-order valence-corrected chi connectivity index (χ1v) is 12.0. The molecule has 0 aliphatic heterocycles. The number of aromatic amines is 1. The Morgan fingerprint density at radius 3 is 2.45 bits per heavy atom. The minimum Gasteiger partial charge on any atom is -0.490 e. The molecule has 0 saturated heterocycles. The number of nitrogens with zero attached hydrogens (tertiary/aromatic N) is 3. The number of aromatic nitrogens is 3. The van der Waals surface area contributed by atoms with Crippen molar-refractivity contribution < 1.29 is 9.47 Å². The van der Waals surface area contributed by atoms with Crippen molar-refractivity contribution in [2.45, 2.75) is 85.0 Å². The summed E-state index contributed by atoms with van der Waals surface area (Å²) < 4.78 is 11.7. The third-order valence-corrected chi connectivity index (χ3v) is 5.07. The van der Waals surface area contributed by atoms with E-state index in [1.165, 1.54) is 38.5 Å². The van der Waals surface area contributed by atoms with Gasteiger partial charge in [-0.3, -0.25) is 5.43 Å². The molecule has 0 unspecified atom stereocenters. The van der Waals surface area contributed by atoms with Crippen LogP contribution < -0.4 is 20.6 Å². The molecule has 1 heterocycles. The molecule has 0 aliphatic carbocycles. The van der Waals surface area contributed by atoms with E-state index < -0.39 is 5.69 Å². The highest BCUT2D eigenvalue weighted by atomic mass is 16.5. The summed E-state index contributed by atoms with van der Waals surface area (Å²) in [6, 6.07) is 5.71. The van der Waals surface area contributed by atoms with E-state index in [-0.39, 0.29) is 5.41 Å². The number of hydrogen-bond acceptors (Lipinski definition) is 7. The zero-order chi connectivity index (χ0) is 24.1. The first-order chi connectivity index (χ1) is 15.8. The van der Waals surface area contributed by atoms with Gasteiger partial charge in [-0.2, -0.15) is 15.2 Å². The van der Waals surface area contributed by atoms with Crippen LogP contribution in [0.25, 0.3) is 0 Å². The number of ether oxygens (including phenoxy) is 2. The Labute approximate surface area is 197 Å². The Kier molecular flexibility index (Phi) is 10.9. The maximum atomic E-state index is 11.6. The van der Waals surface area contributed by atoms with Gasteiger partial charge in [0.05, 0.1) is 19.4 Å². The average Bonchev–Trinajstić information content (AvgIpc) is 2.76. The molecule has 33 heavy (non-hydrogen) atoms. The normalized spacial score (nSPS) is 11.7. The van der Waals surface area contributed by atoms with Crippen molar-refractivity contribution in [3.63, 3.8) is 0 Å². The highest BCUT2D eigenvalue weighted by Gasteiger charge is 2.21. The van der Waals surface area contributed by atoms with E-state index >= 15 is 0 Å². The molecule has 2 aromatic rings. The van der Waals surface area contributed by atoms with Gasteiger partial charge in [-0.1, -0.05) is 66.2 Å². The lowest BCUT2D eigenvalue weighted by Crippen LogP contribution is -2.24. The molecule has 0 radical (unpaired) electrons. The summed E-state index contributed by atoms with van der Waals surface area (Å²) in [5.41, 5.74) is 3.48. The fourth-order valence-corrected chi connectivity index (χ4v) is 3.34. The van der Waals surface area contributed by atoms with Crippen molar-refractivity contribution in [2.75, 3.05) is 18.6 Å². The molecule has 0 aliphatic rings. The third kappa shape index (κ3) is 9.24. The van der Waals surface area contributed by atoms with E-state index in [0.717, 1.165) is 17.7 Å². The number of benzene rings is 1. The molecule has 2 rings (SSSR count). The second-order valence-corrected chi connectivity index (χ2v) is 9.07. The minimum absolute atomic E-state index is 0.300. The Morgan fingerprint density at radius 1 is 1.03 bits per heavy atom. The summed E-state index contributed by atoms with van der Waals surface area (Å²) in [5.74, 6) is 1.77. The predicted molar refractivity (Wildman–Crippen MR) is 134 cm³/mol. The fraction of sp³-hybridized carbons (Fsp3) is 0.600. The first-order valence-electron chi connectivity index (χ1n) is 12.0. The largest absolute Gasteiger partial charge is 0.490 e. The van der Waals surface area contributed by atoms with Crippen molar-refractivity contribution >= 4 is 12.0 Å². The van der Waals surface area contributed by atoms with Gasteiger partial charge in [-0.25, -0.2) is 9.89 Å². The van der Waals surface area contributed by atoms with Gasteiger partial charge in [-0.05, 0) is 37.1 Å². The van der Waals surface area contributed by atoms with Crippen LogP contribution in [0.1, 0.15) is 90.8 Å². The summed E-state index contributed by atoms with van der Waals surface area (Å²) in [5, 5.41) is 10.7. The molecular formula is C25H39N5O3. The lowest BCUT2D eigenvalue weighted by Gasteiger charge is -2.18. The number of hydrazone groups is 1. The second-order valence-electron chi connectivity index (χ2n) is 9.07. The van der Waals surface area contributed by atoms with Crippen LogP contribution in [0.4, 0.5) is 5.82 Å². The molecule has 2 N–H and O–H groups in total. The molecule has 0 amide bonds. The van der Waals surface area contributed by atoms with Crippen molar-refractivity contribution in [1.82, 2.24) is 15.2 Å². The molecule has 0 bridgehead atoms. The molecule has 0 atom stereocenters. The number of hydrogen-bond donors (Lipinski definition) is 2. The van der Waals surface area contributed by atoms with Crippen LogP contribution in [0.2, 0.25) is 0 Å². The Bertz CT molecular complexity index is 934. The summed E-state index contributed by atoms with van der Waals surface area (Å²) in [6.45, 7) is 11.4. The molecule has 0 saturated carbocycles. The van der Waals surface area contributed by atoms with Crippen molar-refractivity contribution in [3.8, 4) is 11.5 Å². The molecule has 8 nitrogen and oxygen atoms in total. The molecule has 0 spiro atoms. The van der Waals surface area contributed by atoms with Gasteiger partial charge in [0.2, 0.25) is 0 Å². The standard InChI is InChI=1S/C25H39N5O3/c1-6-8-9-10-11-12-13-16-33-20-15-14-19(17-21(20)32-7-2)18-26-29-23-22(25(3,4)5)28-30-24(31)27-23/h14-15,17-18H,6-13,16H2,1-5H3,(H2,27,29,30,31)/b26-18+. The Hall–Kier alpha value is -2.90. The summed E-state index contributed by atoms with van der Waals surface area (Å²) >= 11 is 0. The van der Waals surface area contributed by atoms with Crippen LogP contribution in [0.15, 0.2) is 28.1 Å². The number of nitrogens with one attached hydrogen (secondary N) is 2. The Morgan fingerprint density at radius 2 is 1.76 bits per heavy atom. The highest BCUT2D eigenvalue weighted by molar-refractivity contribution is 5.81. The van der Waals surface area contributed by atoms with E-state index in [1.54, 1.807) is 6.21 Å². The van der Waals surface area contributed by atoms with Gasteiger partial charge in [0.25, 0.3) is 0 Å². The van der Waals surface area contributed by atoms with Crippen LogP contribution in [-0.4, -0.2) is 34.6 Å². The van der Waals surface area contributed by atoms with Gasteiger partial charge in [0.1, 0.15) is 5.69 Å². The third-order valence-electron chi connectivity index (χ3n) is 5.07. The highest BCUT2D eigenvalue weighted by Crippen LogP contribution is 2.28. The van der Waals surface area contributed by atoms with Gasteiger partial charge in [0, 0.05) is 5.41 Å². The number of anilines is 1. The SMILES string of the molecule is CCCCCCCCCOc1ccc(/C=N/Nc2nc(=O)[nH]nc2C(C)(C)C)cc1OCC. The van der Waals surface area contributed by atoms with E-state index in [1.807, 2.05) is 45.9 Å². The van der Waals surface area contributed by atoms with Crippen molar-refractivity contribution in [2.24, 2.45) is 5.10 Å². The van der Waals surface area contributed by atoms with Crippen molar-refractivity contribution in [3.05, 3.63) is 39.9 Å². The molecule has 1 aromatic heterocycles. The molecular weight excluding hydrogens is 418 g/mol. The van der Waals surface area contributed by atoms with Crippen molar-refractivity contribution in [1.29, 1.82) is 0 Å². The van der Waals surface area contributed by atoms with Crippen LogP contribution in [0.3, 0.4) is 0 Å². The zero-order valence-electron chi connectivity index (χ0n) is 20.7. The van der Waals surface area contributed by atoms with Crippen LogP contribution >= 0.6 is 0 Å². The maximum absolute atomic E-state index is 11.6. The van der Waals surface area contributed by atoms with E-state index in [0.29, 0.717) is 30.5 Å². The lowest BCUT2D eigenvalue weighted by molar-refractivity contribution is 0.270. The molecule has 0 fully saturated rings. The van der Waals surface area contributed by atoms with Crippen LogP contribution in [0.5, 0.6) is 11.5 Å². The number of rotatable bonds is 14. The quantitative estimate of drug-likeness (QED) is 0.223. The summed E-state index contributed by atoms with van der Waals surface area (Å²) in [7, 11) is 0. The van der Waals surface area contributed by atoms with E-state index in [4.69, 9.17) is 9.47 Å². The van der Waals surface area contributed by atoms with E-state index in [2.05, 4.69) is 32.6 Å². The van der Waals surface area contributed by atoms with E-state index in [9.17, 15) is 4.79 Å².